The van der Waals surface area contributed by atoms with E-state index >= 15 is 0 Å². The van der Waals surface area contributed by atoms with Gasteiger partial charge >= 0.3 is 0 Å². The van der Waals surface area contributed by atoms with Crippen LogP contribution in [0, 0.1) is 0 Å². The SMILES string of the molecule is CN(Cc1ccc(Br)cc1)C(=O)c1cc(Br)ccc1O. The third-order valence-electron chi connectivity index (χ3n) is 2.87. The minimum atomic E-state index is -0.216. The average Bonchev–Trinajstić information content (AvgIpc) is 2.43. The predicted molar refractivity (Wildman–Crippen MR) is 85.7 cm³/mol. The van der Waals surface area contributed by atoms with Crippen molar-refractivity contribution in [2.24, 2.45) is 0 Å². The maximum atomic E-state index is 12.3. The number of amides is 1. The number of halogens is 2. The molecule has 1 N–H and O–H groups in total. The predicted octanol–water partition coefficient (Wildman–Crippen LogP) is 4.19. The van der Waals surface area contributed by atoms with Crippen LogP contribution in [-0.4, -0.2) is 23.0 Å². The van der Waals surface area contributed by atoms with E-state index in [9.17, 15) is 9.90 Å². The molecule has 3 nitrogen and oxygen atoms in total. The quantitative estimate of drug-likeness (QED) is 0.841. The lowest BCUT2D eigenvalue weighted by Crippen LogP contribution is -2.26. The van der Waals surface area contributed by atoms with Gasteiger partial charge in [0.2, 0.25) is 0 Å². The first kappa shape index (κ1) is 15.1. The van der Waals surface area contributed by atoms with Crippen LogP contribution in [0.25, 0.3) is 0 Å². The molecule has 0 aliphatic carbocycles. The van der Waals surface area contributed by atoms with E-state index in [4.69, 9.17) is 0 Å². The molecular weight excluding hydrogens is 386 g/mol. The molecule has 0 atom stereocenters. The van der Waals surface area contributed by atoms with E-state index in [2.05, 4.69) is 31.9 Å². The molecule has 104 valence electrons. The van der Waals surface area contributed by atoms with E-state index in [-0.39, 0.29) is 11.7 Å². The highest BCUT2D eigenvalue weighted by Crippen LogP contribution is 2.23. The van der Waals surface area contributed by atoms with Gasteiger partial charge in [0.25, 0.3) is 5.91 Å². The van der Waals surface area contributed by atoms with Crippen molar-refractivity contribution in [2.45, 2.75) is 6.54 Å². The summed E-state index contributed by atoms with van der Waals surface area (Å²) < 4.78 is 1.76. The second kappa shape index (κ2) is 6.41. The molecule has 0 aliphatic heterocycles. The zero-order valence-electron chi connectivity index (χ0n) is 10.8. The van der Waals surface area contributed by atoms with Crippen LogP contribution >= 0.6 is 31.9 Å². The Bertz CT molecular complexity index is 626. The molecule has 5 heteroatoms. The van der Waals surface area contributed by atoms with Crippen LogP contribution in [0.4, 0.5) is 0 Å². The number of benzene rings is 2. The summed E-state index contributed by atoms with van der Waals surface area (Å²) in [5.74, 6) is -0.229. The van der Waals surface area contributed by atoms with Gasteiger partial charge in [-0.15, -0.1) is 0 Å². The Labute approximate surface area is 134 Å². The van der Waals surface area contributed by atoms with Gasteiger partial charge < -0.3 is 10.0 Å². The van der Waals surface area contributed by atoms with Crippen LogP contribution in [0.5, 0.6) is 5.75 Å². The second-order valence-electron chi connectivity index (χ2n) is 4.45. The molecule has 0 bridgehead atoms. The monoisotopic (exact) mass is 397 g/mol. The first-order valence-corrected chi connectivity index (χ1v) is 7.54. The normalized spacial score (nSPS) is 10.3. The lowest BCUT2D eigenvalue weighted by atomic mass is 10.1. The Morgan fingerprint density at radius 3 is 2.35 bits per heavy atom. The van der Waals surface area contributed by atoms with Gasteiger partial charge in [0.15, 0.2) is 0 Å². The highest BCUT2D eigenvalue weighted by atomic mass is 79.9. The van der Waals surface area contributed by atoms with Crippen molar-refractivity contribution in [3.8, 4) is 5.75 Å². The van der Waals surface area contributed by atoms with E-state index in [0.717, 1.165) is 14.5 Å². The third kappa shape index (κ3) is 3.61. The van der Waals surface area contributed by atoms with Crippen LogP contribution < -0.4 is 0 Å². The van der Waals surface area contributed by atoms with Crippen LogP contribution in [0.3, 0.4) is 0 Å². The summed E-state index contributed by atoms with van der Waals surface area (Å²) in [6, 6.07) is 12.6. The highest BCUT2D eigenvalue weighted by molar-refractivity contribution is 9.10. The summed E-state index contributed by atoms with van der Waals surface area (Å²) in [7, 11) is 1.71. The molecular formula is C15H13Br2NO2. The van der Waals surface area contributed by atoms with Gasteiger partial charge in [-0.2, -0.15) is 0 Å². The van der Waals surface area contributed by atoms with Crippen LogP contribution in [0.2, 0.25) is 0 Å². The average molecular weight is 399 g/mol. The van der Waals surface area contributed by atoms with Crippen LogP contribution in [0.1, 0.15) is 15.9 Å². The van der Waals surface area contributed by atoms with Gasteiger partial charge in [-0.25, -0.2) is 0 Å². The van der Waals surface area contributed by atoms with E-state index in [1.165, 1.54) is 6.07 Å². The number of nitrogens with zero attached hydrogens (tertiary/aromatic N) is 1. The van der Waals surface area contributed by atoms with E-state index < -0.39 is 0 Å². The van der Waals surface area contributed by atoms with Gasteiger partial charge in [0, 0.05) is 22.5 Å². The first-order chi connectivity index (χ1) is 9.47. The van der Waals surface area contributed by atoms with Gasteiger partial charge in [-0.1, -0.05) is 44.0 Å². The van der Waals surface area contributed by atoms with Crippen LogP contribution in [0.15, 0.2) is 51.4 Å². The largest absolute Gasteiger partial charge is 0.507 e. The summed E-state index contributed by atoms with van der Waals surface area (Å²) in [5.41, 5.74) is 1.32. The van der Waals surface area contributed by atoms with Crippen molar-refractivity contribution >= 4 is 37.8 Å². The topological polar surface area (TPSA) is 40.5 Å². The molecule has 0 fully saturated rings. The lowest BCUT2D eigenvalue weighted by molar-refractivity contribution is 0.0782. The molecule has 0 radical (unpaired) electrons. The van der Waals surface area contributed by atoms with Crippen molar-refractivity contribution < 1.29 is 9.90 Å². The number of hydrogen-bond donors (Lipinski definition) is 1. The van der Waals surface area contributed by atoms with Crippen molar-refractivity contribution in [3.63, 3.8) is 0 Å². The summed E-state index contributed by atoms with van der Waals surface area (Å²) in [6.45, 7) is 0.484. The molecule has 0 heterocycles. The molecule has 0 spiro atoms. The Hall–Kier alpha value is -1.33. The number of aromatic hydroxyl groups is 1. The zero-order valence-corrected chi connectivity index (χ0v) is 14.0. The summed E-state index contributed by atoms with van der Waals surface area (Å²) >= 11 is 6.68. The molecule has 0 saturated heterocycles. The number of phenols is 1. The maximum absolute atomic E-state index is 12.3. The van der Waals surface area contributed by atoms with Gasteiger partial charge in [-0.3, -0.25) is 4.79 Å². The minimum Gasteiger partial charge on any atom is -0.507 e. The summed E-state index contributed by atoms with van der Waals surface area (Å²) in [6.07, 6.45) is 0. The first-order valence-electron chi connectivity index (χ1n) is 5.96. The molecule has 0 aliphatic rings. The minimum absolute atomic E-state index is 0.0131. The van der Waals surface area contributed by atoms with Gasteiger partial charge in [-0.05, 0) is 35.9 Å². The van der Waals surface area contributed by atoms with E-state index in [1.807, 2.05) is 24.3 Å². The highest BCUT2D eigenvalue weighted by Gasteiger charge is 2.16. The number of rotatable bonds is 3. The Morgan fingerprint density at radius 2 is 1.70 bits per heavy atom. The molecule has 2 aromatic rings. The second-order valence-corrected chi connectivity index (χ2v) is 6.28. The fourth-order valence-corrected chi connectivity index (χ4v) is 2.45. The van der Waals surface area contributed by atoms with E-state index in [1.54, 1.807) is 24.1 Å². The van der Waals surface area contributed by atoms with Crippen molar-refractivity contribution in [2.75, 3.05) is 7.05 Å². The molecule has 2 rings (SSSR count). The molecule has 0 saturated carbocycles. The standard InChI is InChI=1S/C15H13Br2NO2/c1-18(9-10-2-4-11(16)5-3-10)15(20)13-8-12(17)6-7-14(13)19/h2-8,19H,9H2,1H3. The Kier molecular flexibility index (Phi) is 4.83. The number of carbonyl (C=O) groups excluding carboxylic acids is 1. The van der Waals surface area contributed by atoms with Crippen molar-refractivity contribution in [1.82, 2.24) is 4.90 Å². The van der Waals surface area contributed by atoms with E-state index in [0.29, 0.717) is 12.1 Å². The van der Waals surface area contributed by atoms with Gasteiger partial charge in [0.05, 0.1) is 5.56 Å². The summed E-state index contributed by atoms with van der Waals surface area (Å²) in [4.78, 5) is 13.9. The van der Waals surface area contributed by atoms with Crippen LogP contribution in [-0.2, 0) is 6.54 Å². The fourth-order valence-electron chi connectivity index (χ4n) is 1.82. The van der Waals surface area contributed by atoms with Gasteiger partial charge in [0.1, 0.15) is 5.75 Å². The zero-order chi connectivity index (χ0) is 14.7. The fraction of sp³-hybridized carbons (Fsp3) is 0.133. The number of hydrogen-bond acceptors (Lipinski definition) is 2. The van der Waals surface area contributed by atoms with Crippen molar-refractivity contribution in [3.05, 3.63) is 62.5 Å². The molecule has 0 unspecified atom stereocenters. The Balaban J connectivity index is 2.16. The number of phenolic OH excluding ortho intramolecular Hbond substituents is 1. The third-order valence-corrected chi connectivity index (χ3v) is 3.89. The molecule has 2 aromatic carbocycles. The molecule has 0 aromatic heterocycles. The maximum Gasteiger partial charge on any atom is 0.257 e. The smallest absolute Gasteiger partial charge is 0.257 e. The Morgan fingerprint density at radius 1 is 1.10 bits per heavy atom. The lowest BCUT2D eigenvalue weighted by Gasteiger charge is -2.18. The molecule has 20 heavy (non-hydrogen) atoms. The molecule has 1 amide bonds. The van der Waals surface area contributed by atoms with Crippen molar-refractivity contribution in [1.29, 1.82) is 0 Å². The number of carbonyl (C=O) groups is 1. The summed E-state index contributed by atoms with van der Waals surface area (Å²) in [5, 5.41) is 9.78.